The largest absolute Gasteiger partial charge is 0.427 e. The number of oxazole rings is 1. The summed E-state index contributed by atoms with van der Waals surface area (Å²) in [6, 6.07) is 7.62. The molecule has 2 heterocycles. The number of nitrogens with zero attached hydrogens (tertiary/aromatic N) is 5. The van der Waals surface area contributed by atoms with Crippen LogP contribution in [-0.4, -0.2) is 20.7 Å². The Labute approximate surface area is 173 Å². The SMILES string of the molecule is Cc1ccc(Nc2ncc(C)c(N(C3=CC=CCC3=O)c3cnco3)n2)cc1C#N. The van der Waals surface area contributed by atoms with E-state index in [1.807, 2.05) is 32.1 Å². The van der Waals surface area contributed by atoms with Gasteiger partial charge < -0.3 is 9.73 Å². The third kappa shape index (κ3) is 3.69. The van der Waals surface area contributed by atoms with Crippen molar-refractivity contribution in [2.24, 2.45) is 0 Å². The Kier molecular flexibility index (Phi) is 5.09. The number of Topliss-reactive ketones (excluding diaryl/α,β-unsaturated/α-hetero) is 1. The third-order valence-corrected chi connectivity index (χ3v) is 4.63. The first-order chi connectivity index (χ1) is 14.6. The number of aryl methyl sites for hydroxylation is 2. The summed E-state index contributed by atoms with van der Waals surface area (Å²) in [5.41, 5.74) is 3.33. The third-order valence-electron chi connectivity index (χ3n) is 4.63. The van der Waals surface area contributed by atoms with Crippen molar-refractivity contribution in [2.45, 2.75) is 20.3 Å². The lowest BCUT2D eigenvalue weighted by Crippen LogP contribution is -2.25. The highest BCUT2D eigenvalue weighted by molar-refractivity contribution is 6.02. The molecule has 0 spiro atoms. The van der Waals surface area contributed by atoms with E-state index in [9.17, 15) is 10.1 Å². The summed E-state index contributed by atoms with van der Waals surface area (Å²) in [7, 11) is 0. The number of benzene rings is 1. The van der Waals surface area contributed by atoms with Crippen molar-refractivity contribution < 1.29 is 9.21 Å². The van der Waals surface area contributed by atoms with Crippen molar-refractivity contribution in [2.75, 3.05) is 10.2 Å². The molecule has 8 heteroatoms. The number of hydrogen-bond donors (Lipinski definition) is 1. The minimum absolute atomic E-state index is 0.0568. The zero-order valence-electron chi connectivity index (χ0n) is 16.5. The van der Waals surface area contributed by atoms with Gasteiger partial charge in [0.25, 0.3) is 0 Å². The van der Waals surface area contributed by atoms with Crippen LogP contribution in [0.25, 0.3) is 0 Å². The first-order valence-corrected chi connectivity index (χ1v) is 9.27. The molecular formula is C22H18N6O2. The first-order valence-electron chi connectivity index (χ1n) is 9.27. The minimum Gasteiger partial charge on any atom is -0.427 e. The second kappa shape index (κ2) is 8.01. The standard InChI is InChI=1S/C22H18N6O2/c1-14-7-8-17(9-16(14)10-23)26-22-25-11-15(2)21(27-22)28(20-12-24-13-30-20)18-5-3-4-6-19(18)29/h3-5,7-9,11-13H,6H2,1-2H3,(H,25,26,27). The molecule has 1 aliphatic carbocycles. The van der Waals surface area contributed by atoms with Crippen molar-refractivity contribution in [3.63, 3.8) is 0 Å². The van der Waals surface area contributed by atoms with Gasteiger partial charge in [0.05, 0.1) is 23.5 Å². The zero-order chi connectivity index (χ0) is 21.1. The predicted octanol–water partition coefficient (Wildman–Crippen LogP) is 4.25. The Hall–Kier alpha value is -4.25. The number of aromatic nitrogens is 3. The highest BCUT2D eigenvalue weighted by Gasteiger charge is 2.26. The highest BCUT2D eigenvalue weighted by atomic mass is 16.4. The summed E-state index contributed by atoms with van der Waals surface area (Å²) in [4.78, 5) is 27.2. The predicted molar refractivity (Wildman–Crippen MR) is 111 cm³/mol. The smallest absolute Gasteiger partial charge is 0.229 e. The Morgan fingerprint density at radius 2 is 2.10 bits per heavy atom. The molecule has 0 aliphatic heterocycles. The van der Waals surface area contributed by atoms with Crippen LogP contribution in [0.15, 0.2) is 65.3 Å². The van der Waals surface area contributed by atoms with E-state index in [-0.39, 0.29) is 5.78 Å². The lowest BCUT2D eigenvalue weighted by Gasteiger charge is -2.25. The molecule has 2 aromatic heterocycles. The molecule has 3 aromatic rings. The van der Waals surface area contributed by atoms with Crippen LogP contribution in [0.4, 0.5) is 23.3 Å². The number of allylic oxidation sites excluding steroid dienone is 4. The number of anilines is 4. The van der Waals surface area contributed by atoms with Gasteiger partial charge in [0.2, 0.25) is 11.8 Å². The quantitative estimate of drug-likeness (QED) is 0.680. The van der Waals surface area contributed by atoms with Gasteiger partial charge in [-0.3, -0.25) is 9.69 Å². The average molecular weight is 398 g/mol. The second-order valence-electron chi connectivity index (χ2n) is 6.75. The topological polar surface area (TPSA) is 108 Å². The molecule has 1 N–H and O–H groups in total. The van der Waals surface area contributed by atoms with Crippen molar-refractivity contribution in [1.29, 1.82) is 5.26 Å². The number of rotatable bonds is 5. The van der Waals surface area contributed by atoms with Crippen LogP contribution >= 0.6 is 0 Å². The van der Waals surface area contributed by atoms with Gasteiger partial charge in [-0.05, 0) is 37.6 Å². The summed E-state index contributed by atoms with van der Waals surface area (Å²) in [6.07, 6.45) is 10.1. The maximum atomic E-state index is 12.6. The second-order valence-corrected chi connectivity index (χ2v) is 6.75. The molecule has 148 valence electrons. The number of nitrogens with one attached hydrogen (secondary N) is 1. The van der Waals surface area contributed by atoms with Crippen molar-refractivity contribution in [1.82, 2.24) is 15.0 Å². The van der Waals surface area contributed by atoms with Crippen LogP contribution in [0, 0.1) is 25.2 Å². The molecule has 0 atom stereocenters. The van der Waals surface area contributed by atoms with Gasteiger partial charge in [-0.25, -0.2) is 9.97 Å². The summed E-state index contributed by atoms with van der Waals surface area (Å²) >= 11 is 0. The number of ketones is 1. The van der Waals surface area contributed by atoms with Crippen LogP contribution in [0.3, 0.4) is 0 Å². The van der Waals surface area contributed by atoms with E-state index in [2.05, 4.69) is 26.3 Å². The molecule has 0 fully saturated rings. The number of carbonyl (C=O) groups is 1. The van der Waals surface area contributed by atoms with Crippen LogP contribution in [0.5, 0.6) is 0 Å². The summed E-state index contributed by atoms with van der Waals surface area (Å²) in [5, 5.41) is 12.4. The summed E-state index contributed by atoms with van der Waals surface area (Å²) < 4.78 is 5.49. The van der Waals surface area contributed by atoms with Gasteiger partial charge in [-0.1, -0.05) is 18.2 Å². The van der Waals surface area contributed by atoms with Crippen molar-refractivity contribution in [3.05, 3.63) is 77.6 Å². The van der Waals surface area contributed by atoms with E-state index >= 15 is 0 Å². The van der Waals surface area contributed by atoms with Crippen LogP contribution < -0.4 is 10.2 Å². The average Bonchev–Trinajstić information content (AvgIpc) is 3.27. The molecule has 8 nitrogen and oxygen atoms in total. The van der Waals surface area contributed by atoms with E-state index < -0.39 is 0 Å². The first kappa shape index (κ1) is 19.1. The Bertz CT molecular complexity index is 1200. The molecule has 0 unspecified atom stereocenters. The van der Waals surface area contributed by atoms with Crippen molar-refractivity contribution >= 4 is 29.1 Å². The molecule has 0 saturated carbocycles. The highest BCUT2D eigenvalue weighted by Crippen LogP contribution is 2.33. The number of nitriles is 1. The molecule has 1 aromatic carbocycles. The minimum atomic E-state index is -0.0568. The molecule has 0 radical (unpaired) electrons. The van der Waals surface area contributed by atoms with E-state index in [1.54, 1.807) is 29.3 Å². The molecule has 0 bridgehead atoms. The maximum Gasteiger partial charge on any atom is 0.229 e. The fraction of sp³-hybridized carbons (Fsp3) is 0.136. The molecular weight excluding hydrogens is 380 g/mol. The number of carbonyl (C=O) groups excluding carboxylic acids is 1. The van der Waals surface area contributed by atoms with Crippen LogP contribution in [0.2, 0.25) is 0 Å². The normalized spacial score (nSPS) is 13.0. The molecule has 0 saturated heterocycles. The Morgan fingerprint density at radius 3 is 2.83 bits per heavy atom. The van der Waals surface area contributed by atoms with Gasteiger partial charge in [0.15, 0.2) is 12.2 Å². The lowest BCUT2D eigenvalue weighted by molar-refractivity contribution is -0.114. The fourth-order valence-electron chi connectivity index (χ4n) is 3.06. The van der Waals surface area contributed by atoms with Gasteiger partial charge in [-0.2, -0.15) is 10.2 Å². The van der Waals surface area contributed by atoms with Gasteiger partial charge in [0.1, 0.15) is 5.82 Å². The Morgan fingerprint density at radius 1 is 1.23 bits per heavy atom. The van der Waals surface area contributed by atoms with Crippen molar-refractivity contribution in [3.8, 4) is 6.07 Å². The summed E-state index contributed by atoms with van der Waals surface area (Å²) in [6.45, 7) is 3.73. The fourth-order valence-corrected chi connectivity index (χ4v) is 3.06. The molecule has 0 amide bonds. The van der Waals surface area contributed by atoms with E-state index in [4.69, 9.17) is 4.42 Å². The summed E-state index contributed by atoms with van der Waals surface area (Å²) in [5.74, 6) is 1.14. The van der Waals surface area contributed by atoms with Crippen LogP contribution in [-0.2, 0) is 4.79 Å². The van der Waals surface area contributed by atoms with E-state index in [0.717, 1.165) is 11.1 Å². The molecule has 4 rings (SSSR count). The monoisotopic (exact) mass is 398 g/mol. The molecule has 30 heavy (non-hydrogen) atoms. The van der Waals surface area contributed by atoms with Gasteiger partial charge >= 0.3 is 0 Å². The Balaban J connectivity index is 1.76. The zero-order valence-corrected chi connectivity index (χ0v) is 16.5. The van der Waals surface area contributed by atoms with Gasteiger partial charge in [-0.15, -0.1) is 0 Å². The van der Waals surface area contributed by atoms with E-state index in [0.29, 0.717) is 41.0 Å². The lowest BCUT2D eigenvalue weighted by atomic mass is 10.1. The van der Waals surface area contributed by atoms with Gasteiger partial charge in [0, 0.05) is 23.9 Å². The van der Waals surface area contributed by atoms with E-state index in [1.165, 1.54) is 12.6 Å². The molecule has 1 aliphatic rings. The maximum absolute atomic E-state index is 12.6. The van der Waals surface area contributed by atoms with Crippen LogP contribution in [0.1, 0.15) is 23.1 Å². The number of hydrogen-bond acceptors (Lipinski definition) is 8.